The Kier molecular flexibility index (Phi) is 4.53. The molecule has 0 saturated carbocycles. The van der Waals surface area contributed by atoms with Crippen LogP contribution in [0.5, 0.6) is 0 Å². The Morgan fingerprint density at radius 1 is 1.22 bits per heavy atom. The van der Waals surface area contributed by atoms with Crippen LogP contribution < -0.4 is 0 Å². The molecule has 0 aliphatic heterocycles. The number of nitrogens with zero attached hydrogens (tertiary/aromatic N) is 2. The van der Waals surface area contributed by atoms with Gasteiger partial charge in [0.05, 0.1) is 17.0 Å². The summed E-state index contributed by atoms with van der Waals surface area (Å²) in [5.74, 6) is 0.891. The molecular weight excluding hydrogens is 286 g/mol. The average molecular weight is 311 g/mol. The summed E-state index contributed by atoms with van der Waals surface area (Å²) >= 11 is 0. The van der Waals surface area contributed by atoms with Crippen LogP contribution in [0.15, 0.2) is 28.8 Å². The van der Waals surface area contributed by atoms with Crippen LogP contribution in [0.25, 0.3) is 22.2 Å². The van der Waals surface area contributed by atoms with Crippen LogP contribution in [-0.2, 0) is 12.8 Å². The minimum absolute atomic E-state index is 0.874. The first kappa shape index (κ1) is 15.8. The number of hydrogen-bond donors (Lipinski definition) is 1. The Morgan fingerprint density at radius 3 is 2.74 bits per heavy atom. The van der Waals surface area contributed by atoms with Gasteiger partial charge in [0.1, 0.15) is 5.76 Å². The van der Waals surface area contributed by atoms with Gasteiger partial charge >= 0.3 is 0 Å². The minimum atomic E-state index is 0.874. The first-order chi connectivity index (χ1) is 11.1. The fourth-order valence-corrected chi connectivity index (χ4v) is 3.22. The van der Waals surface area contributed by atoms with Crippen molar-refractivity contribution in [2.45, 2.75) is 33.1 Å². The first-order valence-corrected chi connectivity index (χ1v) is 8.31. The summed E-state index contributed by atoms with van der Waals surface area (Å²) in [6.07, 6.45) is 3.05. The van der Waals surface area contributed by atoms with Crippen molar-refractivity contribution in [2.24, 2.45) is 0 Å². The molecule has 3 rings (SSSR count). The molecule has 0 atom stereocenters. The molecule has 4 heteroatoms. The SMILES string of the molecule is CCc1noc(C)c1-c1[nH]c2ccccc2c1CCCN(C)C. The second-order valence-corrected chi connectivity index (χ2v) is 6.34. The van der Waals surface area contributed by atoms with E-state index in [1.165, 1.54) is 22.2 Å². The number of para-hydroxylation sites is 1. The van der Waals surface area contributed by atoms with Crippen molar-refractivity contribution in [3.05, 3.63) is 41.3 Å². The maximum atomic E-state index is 5.46. The van der Waals surface area contributed by atoms with Crippen molar-refractivity contribution in [3.63, 3.8) is 0 Å². The number of aromatic amines is 1. The Hall–Kier alpha value is -2.07. The number of H-pyrrole nitrogens is 1. The van der Waals surface area contributed by atoms with Gasteiger partial charge in [-0.25, -0.2) is 0 Å². The molecular formula is C19H25N3O. The Balaban J connectivity index is 2.10. The fourth-order valence-electron chi connectivity index (χ4n) is 3.22. The van der Waals surface area contributed by atoms with E-state index < -0.39 is 0 Å². The minimum Gasteiger partial charge on any atom is -0.361 e. The molecule has 122 valence electrons. The van der Waals surface area contributed by atoms with Gasteiger partial charge in [0.25, 0.3) is 0 Å². The van der Waals surface area contributed by atoms with E-state index in [0.717, 1.165) is 42.8 Å². The van der Waals surface area contributed by atoms with E-state index in [2.05, 4.69) is 60.3 Å². The van der Waals surface area contributed by atoms with E-state index in [9.17, 15) is 0 Å². The summed E-state index contributed by atoms with van der Waals surface area (Å²) in [6, 6.07) is 8.53. The van der Waals surface area contributed by atoms with Crippen molar-refractivity contribution < 1.29 is 4.52 Å². The highest BCUT2D eigenvalue weighted by molar-refractivity contribution is 5.91. The topological polar surface area (TPSA) is 45.1 Å². The van der Waals surface area contributed by atoms with Crippen molar-refractivity contribution in [2.75, 3.05) is 20.6 Å². The van der Waals surface area contributed by atoms with Crippen molar-refractivity contribution in [1.82, 2.24) is 15.0 Å². The lowest BCUT2D eigenvalue weighted by molar-refractivity contribution is 0.391. The number of fused-ring (bicyclic) bond motifs is 1. The van der Waals surface area contributed by atoms with Crippen LogP contribution in [0.3, 0.4) is 0 Å². The number of rotatable bonds is 6. The third-order valence-corrected chi connectivity index (χ3v) is 4.36. The Morgan fingerprint density at radius 2 is 2.00 bits per heavy atom. The summed E-state index contributed by atoms with van der Waals surface area (Å²) in [7, 11) is 4.24. The molecule has 0 spiro atoms. The second kappa shape index (κ2) is 6.59. The van der Waals surface area contributed by atoms with Crippen LogP contribution in [-0.4, -0.2) is 35.7 Å². The maximum Gasteiger partial charge on any atom is 0.143 e. The quantitative estimate of drug-likeness (QED) is 0.742. The summed E-state index contributed by atoms with van der Waals surface area (Å²) in [6.45, 7) is 5.20. The van der Waals surface area contributed by atoms with E-state index in [0.29, 0.717) is 0 Å². The van der Waals surface area contributed by atoms with Gasteiger partial charge in [-0.3, -0.25) is 0 Å². The smallest absolute Gasteiger partial charge is 0.143 e. The summed E-state index contributed by atoms with van der Waals surface area (Å²) < 4.78 is 5.46. The molecule has 4 nitrogen and oxygen atoms in total. The zero-order valence-corrected chi connectivity index (χ0v) is 14.4. The van der Waals surface area contributed by atoms with Crippen LogP contribution >= 0.6 is 0 Å². The molecule has 2 heterocycles. The molecule has 2 aromatic heterocycles. The number of benzene rings is 1. The lowest BCUT2D eigenvalue weighted by Gasteiger charge is -2.10. The van der Waals surface area contributed by atoms with Crippen LogP contribution in [0.2, 0.25) is 0 Å². The van der Waals surface area contributed by atoms with Crippen molar-refractivity contribution >= 4 is 10.9 Å². The lowest BCUT2D eigenvalue weighted by Crippen LogP contribution is -2.13. The standard InChI is InChI=1S/C19H25N3O/c1-5-16-18(13(2)23-21-16)19-15(10-8-12-22(3)4)14-9-6-7-11-17(14)20-19/h6-7,9,11,20H,5,8,10,12H2,1-4H3. The van der Waals surface area contributed by atoms with Crippen molar-refractivity contribution in [3.8, 4) is 11.3 Å². The Labute approximate surface area is 137 Å². The molecule has 1 aromatic carbocycles. The fraction of sp³-hybridized carbons (Fsp3) is 0.421. The first-order valence-electron chi connectivity index (χ1n) is 8.31. The summed E-state index contributed by atoms with van der Waals surface area (Å²) in [4.78, 5) is 5.84. The molecule has 0 bridgehead atoms. The largest absolute Gasteiger partial charge is 0.361 e. The van der Waals surface area contributed by atoms with E-state index in [1.54, 1.807) is 0 Å². The molecule has 0 amide bonds. The number of hydrogen-bond acceptors (Lipinski definition) is 3. The van der Waals surface area contributed by atoms with Gasteiger partial charge in [-0.15, -0.1) is 0 Å². The highest BCUT2D eigenvalue weighted by Gasteiger charge is 2.20. The number of aryl methyl sites for hydroxylation is 3. The highest BCUT2D eigenvalue weighted by Crippen LogP contribution is 2.35. The summed E-state index contributed by atoms with van der Waals surface area (Å²) in [5, 5.41) is 5.54. The molecule has 3 aromatic rings. The highest BCUT2D eigenvalue weighted by atomic mass is 16.5. The van der Waals surface area contributed by atoms with Gasteiger partial charge in [0.15, 0.2) is 0 Å². The molecule has 0 fully saturated rings. The molecule has 23 heavy (non-hydrogen) atoms. The third-order valence-electron chi connectivity index (χ3n) is 4.36. The van der Waals surface area contributed by atoms with Crippen LogP contribution in [0.4, 0.5) is 0 Å². The van der Waals surface area contributed by atoms with E-state index >= 15 is 0 Å². The van der Waals surface area contributed by atoms with Gasteiger partial charge in [-0.1, -0.05) is 30.3 Å². The van der Waals surface area contributed by atoms with E-state index in [-0.39, 0.29) is 0 Å². The zero-order chi connectivity index (χ0) is 16.4. The van der Waals surface area contributed by atoms with E-state index in [1.807, 2.05) is 6.92 Å². The molecule has 1 N–H and O–H groups in total. The monoisotopic (exact) mass is 311 g/mol. The summed E-state index contributed by atoms with van der Waals surface area (Å²) in [5.41, 5.74) is 5.92. The van der Waals surface area contributed by atoms with Crippen molar-refractivity contribution in [1.29, 1.82) is 0 Å². The van der Waals surface area contributed by atoms with Gasteiger partial charge in [0.2, 0.25) is 0 Å². The van der Waals surface area contributed by atoms with Crippen LogP contribution in [0, 0.1) is 6.92 Å². The van der Waals surface area contributed by atoms with Crippen LogP contribution in [0.1, 0.15) is 30.4 Å². The normalized spacial score (nSPS) is 11.7. The Bertz CT molecular complexity index is 798. The van der Waals surface area contributed by atoms with Gasteiger partial charge < -0.3 is 14.4 Å². The lowest BCUT2D eigenvalue weighted by atomic mass is 9.99. The number of nitrogens with one attached hydrogen (secondary N) is 1. The molecule has 0 aliphatic carbocycles. The maximum absolute atomic E-state index is 5.46. The van der Waals surface area contributed by atoms with E-state index in [4.69, 9.17) is 4.52 Å². The molecule has 0 unspecified atom stereocenters. The zero-order valence-electron chi connectivity index (χ0n) is 14.4. The second-order valence-electron chi connectivity index (χ2n) is 6.34. The predicted molar refractivity (Wildman–Crippen MR) is 94.8 cm³/mol. The van der Waals surface area contributed by atoms with Gasteiger partial charge in [-0.2, -0.15) is 0 Å². The predicted octanol–water partition coefficient (Wildman–Crippen LogP) is 4.19. The molecule has 0 aliphatic rings. The number of aromatic nitrogens is 2. The van der Waals surface area contributed by atoms with Gasteiger partial charge in [0, 0.05) is 10.9 Å². The molecule has 0 radical (unpaired) electrons. The molecule has 0 saturated heterocycles. The third kappa shape index (κ3) is 3.04. The van der Waals surface area contributed by atoms with Gasteiger partial charge in [-0.05, 0) is 58.5 Å². The average Bonchev–Trinajstić information content (AvgIpc) is 3.07.